The van der Waals surface area contributed by atoms with Gasteiger partial charge in [0.15, 0.2) is 0 Å². The zero-order valence-electron chi connectivity index (χ0n) is 12.5. The summed E-state index contributed by atoms with van der Waals surface area (Å²) in [4.78, 5) is 12.3. The Morgan fingerprint density at radius 3 is 2.48 bits per heavy atom. The molecule has 1 aromatic heterocycles. The lowest BCUT2D eigenvalue weighted by Gasteiger charge is -2.29. The van der Waals surface area contributed by atoms with Gasteiger partial charge in [-0.2, -0.15) is 0 Å². The van der Waals surface area contributed by atoms with Crippen LogP contribution in [-0.4, -0.2) is 25.4 Å². The van der Waals surface area contributed by atoms with Crippen LogP contribution in [-0.2, 0) is 9.05 Å². The molecule has 1 fully saturated rings. The van der Waals surface area contributed by atoms with Crippen LogP contribution < -0.4 is 5.32 Å². The van der Waals surface area contributed by atoms with E-state index in [1.807, 2.05) is 20.8 Å². The van der Waals surface area contributed by atoms with Crippen molar-refractivity contribution in [2.24, 2.45) is 5.41 Å². The fourth-order valence-electron chi connectivity index (χ4n) is 2.17. The van der Waals surface area contributed by atoms with Crippen LogP contribution in [0.1, 0.15) is 56.6 Å². The lowest BCUT2D eigenvalue weighted by molar-refractivity contribution is 0.0924. The molecule has 0 aliphatic heterocycles. The Bertz CT molecular complexity index is 640. The molecule has 7 heteroatoms. The molecule has 0 atom stereocenters. The van der Waals surface area contributed by atoms with E-state index in [-0.39, 0.29) is 22.3 Å². The molecule has 1 heterocycles. The summed E-state index contributed by atoms with van der Waals surface area (Å²) < 4.78 is 24.7. The molecule has 0 bridgehead atoms. The topological polar surface area (TPSA) is 68.2 Å². The Balaban J connectivity index is 2.28. The minimum atomic E-state index is -3.83. The van der Waals surface area contributed by atoms with Crippen LogP contribution in [0.15, 0.2) is 17.2 Å². The Hall–Kier alpha value is -1.01. The van der Waals surface area contributed by atoms with Crippen molar-refractivity contribution in [1.29, 1.82) is 0 Å². The first-order chi connectivity index (χ1) is 9.58. The molecular formula is C14H21ClN2O3S. The summed E-state index contributed by atoms with van der Waals surface area (Å²) in [5.41, 5.74) is 0.327. The Labute approximate surface area is 130 Å². The van der Waals surface area contributed by atoms with E-state index < -0.39 is 9.05 Å². The van der Waals surface area contributed by atoms with Crippen molar-refractivity contribution in [1.82, 2.24) is 9.88 Å². The molecule has 1 aromatic rings. The van der Waals surface area contributed by atoms with E-state index in [0.717, 1.165) is 19.3 Å². The zero-order valence-corrected chi connectivity index (χ0v) is 14.1. The second-order valence-corrected chi connectivity index (χ2v) is 9.30. The molecular weight excluding hydrogens is 312 g/mol. The molecule has 21 heavy (non-hydrogen) atoms. The lowest BCUT2D eigenvalue weighted by atomic mass is 9.92. The highest BCUT2D eigenvalue weighted by atomic mass is 35.7. The van der Waals surface area contributed by atoms with Gasteiger partial charge in [-0.25, -0.2) is 8.42 Å². The quantitative estimate of drug-likeness (QED) is 0.862. The fourth-order valence-corrected chi connectivity index (χ4v) is 2.92. The van der Waals surface area contributed by atoms with Crippen molar-refractivity contribution in [3.05, 3.63) is 18.0 Å². The van der Waals surface area contributed by atoms with Gasteiger partial charge in [-0.15, -0.1) is 0 Å². The molecule has 1 amide bonds. The molecule has 118 valence electrons. The maximum absolute atomic E-state index is 12.3. The minimum Gasteiger partial charge on any atom is -0.350 e. The highest BCUT2D eigenvalue weighted by Gasteiger charge is 2.27. The van der Waals surface area contributed by atoms with E-state index in [2.05, 4.69) is 5.32 Å². The number of hydrogen-bond acceptors (Lipinski definition) is 3. The maximum atomic E-state index is 12.3. The Kier molecular flexibility index (Phi) is 4.40. The van der Waals surface area contributed by atoms with Crippen molar-refractivity contribution in [3.63, 3.8) is 0 Å². The van der Waals surface area contributed by atoms with Crippen LogP contribution in [0.25, 0.3) is 0 Å². The van der Waals surface area contributed by atoms with Crippen LogP contribution in [0.5, 0.6) is 0 Å². The number of halogens is 1. The first kappa shape index (κ1) is 16.4. The molecule has 1 saturated carbocycles. The van der Waals surface area contributed by atoms with Gasteiger partial charge in [0.25, 0.3) is 15.0 Å². The van der Waals surface area contributed by atoms with Crippen LogP contribution in [0.2, 0.25) is 0 Å². The smallest absolute Gasteiger partial charge is 0.267 e. The molecule has 1 aliphatic carbocycles. The number of carbonyl (C=O) groups is 1. The van der Waals surface area contributed by atoms with Gasteiger partial charge in [-0.1, -0.05) is 20.8 Å². The second-order valence-electron chi connectivity index (χ2n) is 6.73. The van der Waals surface area contributed by atoms with Crippen molar-refractivity contribution in [3.8, 4) is 0 Å². The molecule has 1 aliphatic rings. The van der Waals surface area contributed by atoms with Gasteiger partial charge in [0.05, 0.1) is 0 Å². The number of aromatic nitrogens is 1. The molecule has 0 spiro atoms. The third-order valence-corrected chi connectivity index (χ3v) is 4.91. The Morgan fingerprint density at radius 2 is 2.05 bits per heavy atom. The van der Waals surface area contributed by atoms with Gasteiger partial charge in [0.1, 0.15) is 10.6 Å². The largest absolute Gasteiger partial charge is 0.350 e. The number of rotatable bonds is 4. The third-order valence-electron chi connectivity index (χ3n) is 3.59. The molecule has 0 radical (unpaired) electrons. The number of hydrogen-bond donors (Lipinski definition) is 1. The highest BCUT2D eigenvalue weighted by molar-refractivity contribution is 8.13. The molecule has 0 unspecified atom stereocenters. The van der Waals surface area contributed by atoms with E-state index in [1.165, 1.54) is 12.3 Å². The maximum Gasteiger partial charge on any atom is 0.267 e. The molecule has 2 rings (SSSR count). The summed E-state index contributed by atoms with van der Waals surface area (Å²) in [5, 5.41) is 2.85. The lowest BCUT2D eigenvalue weighted by Crippen LogP contribution is -2.34. The third kappa shape index (κ3) is 4.01. The number of carbonyl (C=O) groups excluding carboxylic acids is 1. The first-order valence-corrected chi connectivity index (χ1v) is 9.33. The Morgan fingerprint density at radius 1 is 1.43 bits per heavy atom. The standard InChI is InChI=1S/C14H21ClN2O3S/c1-14(2,3)9-16-13(18)12-7-11(21(15,19)20)8-17(12)10-5-4-6-10/h7-8,10H,4-6,9H2,1-3H3,(H,16,18). The van der Waals surface area contributed by atoms with E-state index >= 15 is 0 Å². The normalized spacial score (nSPS) is 16.6. The molecule has 0 saturated heterocycles. The second kappa shape index (κ2) is 5.65. The number of amides is 1. The van der Waals surface area contributed by atoms with Crippen molar-refractivity contribution in [2.45, 2.75) is 51.0 Å². The van der Waals surface area contributed by atoms with E-state index in [0.29, 0.717) is 12.2 Å². The van der Waals surface area contributed by atoms with Gasteiger partial charge < -0.3 is 9.88 Å². The monoisotopic (exact) mass is 332 g/mol. The van der Waals surface area contributed by atoms with Crippen LogP contribution in [0, 0.1) is 5.41 Å². The fraction of sp³-hybridized carbons (Fsp3) is 0.643. The van der Waals surface area contributed by atoms with E-state index in [1.54, 1.807) is 4.57 Å². The van der Waals surface area contributed by atoms with Crippen LogP contribution in [0.4, 0.5) is 0 Å². The van der Waals surface area contributed by atoms with Crippen LogP contribution in [0.3, 0.4) is 0 Å². The SMILES string of the molecule is CC(C)(C)CNC(=O)c1cc(S(=O)(=O)Cl)cn1C1CCC1. The minimum absolute atomic E-state index is 0.0167. The van der Waals surface area contributed by atoms with Gasteiger partial charge in [-0.05, 0) is 30.7 Å². The first-order valence-electron chi connectivity index (χ1n) is 7.03. The number of nitrogens with one attached hydrogen (secondary N) is 1. The molecule has 0 aromatic carbocycles. The van der Waals surface area contributed by atoms with Crippen molar-refractivity contribution >= 4 is 25.6 Å². The molecule has 5 nitrogen and oxygen atoms in total. The summed E-state index contributed by atoms with van der Waals surface area (Å²) >= 11 is 0. The zero-order chi connectivity index (χ0) is 15.8. The summed E-state index contributed by atoms with van der Waals surface area (Å²) in [6.07, 6.45) is 4.47. The van der Waals surface area contributed by atoms with Gasteiger partial charge in [0, 0.05) is 29.5 Å². The highest BCUT2D eigenvalue weighted by Crippen LogP contribution is 2.34. The average molecular weight is 333 g/mol. The molecule has 1 N–H and O–H groups in total. The predicted octanol–water partition coefficient (Wildman–Crippen LogP) is 2.92. The van der Waals surface area contributed by atoms with Crippen molar-refractivity contribution in [2.75, 3.05) is 6.54 Å². The van der Waals surface area contributed by atoms with Gasteiger partial charge in [-0.3, -0.25) is 4.79 Å². The summed E-state index contributed by atoms with van der Waals surface area (Å²) in [5.74, 6) is -0.261. The average Bonchev–Trinajstić information content (AvgIpc) is 2.67. The van der Waals surface area contributed by atoms with Gasteiger partial charge >= 0.3 is 0 Å². The summed E-state index contributed by atoms with van der Waals surface area (Å²) in [6, 6.07) is 1.55. The van der Waals surface area contributed by atoms with Crippen molar-refractivity contribution < 1.29 is 13.2 Å². The van der Waals surface area contributed by atoms with E-state index in [9.17, 15) is 13.2 Å². The van der Waals surface area contributed by atoms with Gasteiger partial charge in [0.2, 0.25) is 0 Å². The van der Waals surface area contributed by atoms with Crippen LogP contribution >= 0.6 is 10.7 Å². The van der Waals surface area contributed by atoms with E-state index in [4.69, 9.17) is 10.7 Å². The number of nitrogens with zero attached hydrogens (tertiary/aromatic N) is 1. The summed E-state index contributed by atoms with van der Waals surface area (Å²) in [6.45, 7) is 6.58. The summed E-state index contributed by atoms with van der Waals surface area (Å²) in [7, 11) is 1.56. The predicted molar refractivity (Wildman–Crippen MR) is 82.1 cm³/mol.